The van der Waals surface area contributed by atoms with Crippen molar-refractivity contribution in [2.24, 2.45) is 0 Å². The SMILES string of the molecule is C.O.OCC1(O)CCC(O)C(O)C(O)C1. The number of aliphatic hydroxyl groups is 5. The van der Waals surface area contributed by atoms with Gasteiger partial charge in [0, 0.05) is 6.42 Å². The molecule has 0 heterocycles. The minimum absolute atomic E-state index is 0. The zero-order valence-corrected chi connectivity index (χ0v) is 7.80. The van der Waals surface area contributed by atoms with Crippen molar-refractivity contribution in [2.45, 2.75) is 50.6 Å². The fraction of sp³-hybridized carbons (Fsp3) is 1.00. The third kappa shape index (κ3) is 4.02. The lowest BCUT2D eigenvalue weighted by atomic mass is 9.94. The van der Waals surface area contributed by atoms with E-state index in [0.29, 0.717) is 0 Å². The van der Waals surface area contributed by atoms with Gasteiger partial charge in [-0.15, -0.1) is 0 Å². The van der Waals surface area contributed by atoms with Crippen LogP contribution in [0.1, 0.15) is 26.7 Å². The van der Waals surface area contributed by atoms with Gasteiger partial charge in [0.1, 0.15) is 6.10 Å². The molecule has 0 spiro atoms. The van der Waals surface area contributed by atoms with Crippen molar-refractivity contribution in [3.8, 4) is 0 Å². The maximum absolute atomic E-state index is 9.63. The summed E-state index contributed by atoms with van der Waals surface area (Å²) in [5, 5.41) is 46.3. The van der Waals surface area contributed by atoms with Crippen LogP contribution in [0.4, 0.5) is 0 Å². The van der Waals surface area contributed by atoms with E-state index in [1.807, 2.05) is 0 Å². The molecule has 1 aliphatic rings. The highest BCUT2D eigenvalue weighted by molar-refractivity contribution is 4.91. The lowest BCUT2D eigenvalue weighted by Crippen LogP contribution is -2.40. The highest BCUT2D eigenvalue weighted by Crippen LogP contribution is 2.27. The van der Waals surface area contributed by atoms with Gasteiger partial charge in [-0.3, -0.25) is 0 Å². The van der Waals surface area contributed by atoms with E-state index in [1.54, 1.807) is 0 Å². The molecule has 0 aliphatic heterocycles. The average Bonchev–Trinajstić information content (AvgIpc) is 2.20. The van der Waals surface area contributed by atoms with Gasteiger partial charge in [-0.1, -0.05) is 7.43 Å². The molecule has 1 fully saturated rings. The molecule has 0 radical (unpaired) electrons. The molecule has 0 saturated heterocycles. The van der Waals surface area contributed by atoms with Crippen molar-refractivity contribution < 1.29 is 31.0 Å². The van der Waals surface area contributed by atoms with Gasteiger partial charge >= 0.3 is 0 Å². The molecular formula is C9H22O6. The Morgan fingerprint density at radius 2 is 1.67 bits per heavy atom. The fourth-order valence-corrected chi connectivity index (χ4v) is 1.60. The zero-order valence-electron chi connectivity index (χ0n) is 7.80. The Morgan fingerprint density at radius 3 is 2.13 bits per heavy atom. The van der Waals surface area contributed by atoms with Crippen LogP contribution in [0.3, 0.4) is 0 Å². The minimum atomic E-state index is -1.38. The van der Waals surface area contributed by atoms with Gasteiger partial charge in [0.2, 0.25) is 0 Å². The van der Waals surface area contributed by atoms with Crippen LogP contribution in [-0.4, -0.2) is 61.5 Å². The lowest BCUT2D eigenvalue weighted by Gasteiger charge is -2.25. The first-order chi connectivity index (χ1) is 5.98. The maximum Gasteiger partial charge on any atom is 0.106 e. The Balaban J connectivity index is 0. The molecule has 0 aromatic carbocycles. The van der Waals surface area contributed by atoms with E-state index in [1.165, 1.54) is 0 Å². The van der Waals surface area contributed by atoms with E-state index < -0.39 is 30.5 Å². The highest BCUT2D eigenvalue weighted by Gasteiger charge is 2.38. The fourth-order valence-electron chi connectivity index (χ4n) is 1.60. The molecular weight excluding hydrogens is 204 g/mol. The summed E-state index contributed by atoms with van der Waals surface area (Å²) in [4.78, 5) is 0. The van der Waals surface area contributed by atoms with E-state index in [9.17, 15) is 20.4 Å². The van der Waals surface area contributed by atoms with Crippen LogP contribution in [0.2, 0.25) is 0 Å². The summed E-state index contributed by atoms with van der Waals surface area (Å²) in [5.41, 5.74) is -1.38. The summed E-state index contributed by atoms with van der Waals surface area (Å²) in [6, 6.07) is 0. The van der Waals surface area contributed by atoms with Crippen molar-refractivity contribution in [1.29, 1.82) is 0 Å². The molecule has 7 N–H and O–H groups in total. The summed E-state index contributed by atoms with van der Waals surface area (Å²) >= 11 is 0. The number of rotatable bonds is 1. The van der Waals surface area contributed by atoms with E-state index in [2.05, 4.69) is 0 Å². The minimum Gasteiger partial charge on any atom is -0.412 e. The first-order valence-electron chi connectivity index (χ1n) is 4.36. The predicted octanol–water partition coefficient (Wildman–Crippen LogP) is -2.21. The Morgan fingerprint density at radius 1 is 1.13 bits per heavy atom. The van der Waals surface area contributed by atoms with Gasteiger partial charge in [0.15, 0.2) is 0 Å². The molecule has 0 amide bonds. The molecule has 6 nitrogen and oxygen atoms in total. The first kappa shape index (κ1) is 17.2. The molecule has 0 aromatic heterocycles. The van der Waals surface area contributed by atoms with E-state index in [-0.39, 0.29) is 32.2 Å². The van der Waals surface area contributed by atoms with Gasteiger partial charge in [-0.2, -0.15) is 0 Å². The molecule has 1 rings (SSSR count). The third-order valence-corrected chi connectivity index (χ3v) is 2.58. The normalized spacial score (nSPS) is 41.0. The molecule has 1 saturated carbocycles. The van der Waals surface area contributed by atoms with Crippen molar-refractivity contribution in [3.63, 3.8) is 0 Å². The summed E-state index contributed by atoms with van der Waals surface area (Å²) in [6.07, 6.45) is -3.21. The summed E-state index contributed by atoms with van der Waals surface area (Å²) in [5.74, 6) is 0. The Hall–Kier alpha value is -0.240. The van der Waals surface area contributed by atoms with Crippen LogP contribution in [-0.2, 0) is 0 Å². The van der Waals surface area contributed by atoms with Crippen molar-refractivity contribution in [2.75, 3.05) is 6.61 Å². The van der Waals surface area contributed by atoms with Gasteiger partial charge in [-0.05, 0) is 12.8 Å². The second-order valence-corrected chi connectivity index (χ2v) is 3.75. The van der Waals surface area contributed by atoms with E-state index in [4.69, 9.17) is 5.11 Å². The number of hydrogen-bond donors (Lipinski definition) is 5. The third-order valence-electron chi connectivity index (χ3n) is 2.58. The van der Waals surface area contributed by atoms with Gasteiger partial charge < -0.3 is 31.0 Å². The maximum atomic E-state index is 9.63. The molecule has 1 aliphatic carbocycles. The molecule has 0 bridgehead atoms. The Labute approximate surface area is 89.1 Å². The average molecular weight is 226 g/mol. The van der Waals surface area contributed by atoms with Crippen molar-refractivity contribution in [3.05, 3.63) is 0 Å². The molecule has 15 heavy (non-hydrogen) atoms. The highest BCUT2D eigenvalue weighted by atomic mass is 16.4. The second-order valence-electron chi connectivity index (χ2n) is 3.75. The lowest BCUT2D eigenvalue weighted by molar-refractivity contribution is -0.0807. The standard InChI is InChI=1S/C8H16O5.CH4.H2O/c9-4-8(13)2-1-5(10)7(12)6(11)3-8;;/h5-7,9-13H,1-4H2;1H4;1H2. The monoisotopic (exact) mass is 226 g/mol. The number of hydrogen-bond acceptors (Lipinski definition) is 5. The summed E-state index contributed by atoms with van der Waals surface area (Å²) in [7, 11) is 0. The second kappa shape index (κ2) is 6.37. The molecule has 0 aromatic rings. The van der Waals surface area contributed by atoms with Crippen LogP contribution < -0.4 is 0 Å². The van der Waals surface area contributed by atoms with Gasteiger partial charge in [-0.25, -0.2) is 0 Å². The topological polar surface area (TPSA) is 133 Å². The van der Waals surface area contributed by atoms with Crippen LogP contribution in [0.15, 0.2) is 0 Å². The summed E-state index contributed by atoms with van der Waals surface area (Å²) in [6.45, 7) is -0.469. The Bertz CT molecular complexity index is 176. The van der Waals surface area contributed by atoms with Crippen molar-refractivity contribution in [1.82, 2.24) is 0 Å². The van der Waals surface area contributed by atoms with E-state index >= 15 is 0 Å². The van der Waals surface area contributed by atoms with Crippen LogP contribution in [0.25, 0.3) is 0 Å². The Kier molecular flexibility index (Phi) is 7.28. The molecule has 94 valence electrons. The van der Waals surface area contributed by atoms with Gasteiger partial charge in [0.25, 0.3) is 0 Å². The molecule has 4 atom stereocenters. The smallest absolute Gasteiger partial charge is 0.106 e. The zero-order chi connectivity index (χ0) is 10.1. The predicted molar refractivity (Wildman–Crippen MR) is 54.3 cm³/mol. The quantitative estimate of drug-likeness (QED) is 0.323. The first-order valence-corrected chi connectivity index (χ1v) is 4.36. The largest absolute Gasteiger partial charge is 0.412 e. The van der Waals surface area contributed by atoms with Gasteiger partial charge in [0.05, 0.1) is 24.4 Å². The van der Waals surface area contributed by atoms with Crippen LogP contribution in [0, 0.1) is 0 Å². The van der Waals surface area contributed by atoms with Crippen LogP contribution in [0.5, 0.6) is 0 Å². The molecule has 6 heteroatoms. The van der Waals surface area contributed by atoms with Crippen molar-refractivity contribution >= 4 is 0 Å². The number of aliphatic hydroxyl groups excluding tert-OH is 4. The van der Waals surface area contributed by atoms with Crippen LogP contribution >= 0.6 is 0 Å². The van der Waals surface area contributed by atoms with E-state index in [0.717, 1.165) is 0 Å². The molecule has 4 unspecified atom stereocenters. The summed E-state index contributed by atoms with van der Waals surface area (Å²) < 4.78 is 0.